The van der Waals surface area contributed by atoms with Crippen LogP contribution in [0.3, 0.4) is 0 Å². The topological polar surface area (TPSA) is 87.7 Å². The molecule has 8 heteroatoms. The van der Waals surface area contributed by atoms with Gasteiger partial charge in [0.05, 0.1) is 7.11 Å². The molecule has 0 spiro atoms. The Morgan fingerprint density at radius 1 is 1.21 bits per heavy atom. The van der Waals surface area contributed by atoms with E-state index in [0.29, 0.717) is 6.54 Å². The van der Waals surface area contributed by atoms with Crippen LogP contribution in [0.2, 0.25) is 0 Å². The lowest BCUT2D eigenvalue weighted by atomic mass is 10.2. The second-order valence-corrected chi connectivity index (χ2v) is 8.95. The molecule has 0 bridgehead atoms. The highest BCUT2D eigenvalue weighted by Gasteiger charge is 2.30. The van der Waals surface area contributed by atoms with Gasteiger partial charge in [-0.1, -0.05) is 18.2 Å². The molecular formula is C21H27N3O4S. The van der Waals surface area contributed by atoms with Gasteiger partial charge in [-0.2, -0.15) is 0 Å². The van der Waals surface area contributed by atoms with Crippen molar-refractivity contribution in [2.24, 2.45) is 0 Å². The number of para-hydroxylation sites is 1. The molecule has 156 valence electrons. The molecule has 0 radical (unpaired) electrons. The summed E-state index contributed by atoms with van der Waals surface area (Å²) < 4.78 is 33.1. The first-order valence-corrected chi connectivity index (χ1v) is 11.1. The number of sulfonamides is 1. The highest BCUT2D eigenvalue weighted by Crippen LogP contribution is 2.28. The van der Waals surface area contributed by atoms with Crippen LogP contribution in [-0.4, -0.2) is 47.1 Å². The minimum atomic E-state index is -3.74. The van der Waals surface area contributed by atoms with Gasteiger partial charge in [0.1, 0.15) is 10.6 Å². The van der Waals surface area contributed by atoms with Crippen LogP contribution in [0, 0.1) is 0 Å². The average molecular weight is 418 g/mol. The van der Waals surface area contributed by atoms with E-state index in [0.717, 1.165) is 18.5 Å². The number of likely N-dealkylation sites (N-methyl/N-ethyl adjacent to an activating group) is 1. The number of benzene rings is 2. The molecule has 2 N–H and O–H groups in total. The normalized spacial score (nSPS) is 14.9. The zero-order valence-corrected chi connectivity index (χ0v) is 17.7. The summed E-state index contributed by atoms with van der Waals surface area (Å²) in [5, 5.41) is 2.88. The average Bonchev–Trinajstić information content (AvgIpc) is 3.54. The van der Waals surface area contributed by atoms with Crippen molar-refractivity contribution in [1.29, 1.82) is 0 Å². The van der Waals surface area contributed by atoms with E-state index in [9.17, 15) is 13.2 Å². The lowest BCUT2D eigenvalue weighted by Gasteiger charge is -2.27. The van der Waals surface area contributed by atoms with Crippen LogP contribution in [0.15, 0.2) is 53.4 Å². The van der Waals surface area contributed by atoms with Gasteiger partial charge in [-0.15, -0.1) is 0 Å². The van der Waals surface area contributed by atoms with Crippen molar-refractivity contribution in [2.45, 2.75) is 36.7 Å². The van der Waals surface area contributed by atoms with Crippen molar-refractivity contribution in [3.63, 3.8) is 0 Å². The SMILES string of the molecule is COc1ccc(C(=O)NCC(C)N(C)c2ccccc2)cc1S(=O)(=O)NC1CC1. The van der Waals surface area contributed by atoms with Gasteiger partial charge in [0.2, 0.25) is 10.0 Å². The van der Waals surface area contributed by atoms with Crippen LogP contribution in [-0.2, 0) is 10.0 Å². The number of hydrogen-bond acceptors (Lipinski definition) is 5. The molecule has 2 aromatic carbocycles. The third kappa shape index (κ3) is 5.27. The van der Waals surface area contributed by atoms with Gasteiger partial charge in [0, 0.05) is 36.9 Å². The lowest BCUT2D eigenvalue weighted by Crippen LogP contribution is -2.40. The fourth-order valence-electron chi connectivity index (χ4n) is 2.91. The van der Waals surface area contributed by atoms with Gasteiger partial charge in [-0.05, 0) is 50.1 Å². The highest BCUT2D eigenvalue weighted by atomic mass is 32.2. The zero-order valence-electron chi connectivity index (χ0n) is 16.9. The van der Waals surface area contributed by atoms with Gasteiger partial charge in [-0.25, -0.2) is 13.1 Å². The number of ether oxygens (including phenoxy) is 1. The molecule has 1 amide bonds. The summed E-state index contributed by atoms with van der Waals surface area (Å²) in [6.45, 7) is 2.43. The van der Waals surface area contributed by atoms with Crippen molar-refractivity contribution >= 4 is 21.6 Å². The standard InChI is InChI=1S/C21H27N3O4S/c1-15(24(2)18-7-5-4-6-8-18)14-22-21(25)16-9-12-19(28-3)20(13-16)29(26,27)23-17-10-11-17/h4-9,12-13,15,17,23H,10-11,14H2,1-3H3,(H,22,25). The number of amides is 1. The molecule has 0 saturated heterocycles. The van der Waals surface area contributed by atoms with E-state index < -0.39 is 10.0 Å². The summed E-state index contributed by atoms with van der Waals surface area (Å²) in [6, 6.07) is 14.4. The number of carbonyl (C=O) groups is 1. The maximum atomic E-state index is 12.6. The summed E-state index contributed by atoms with van der Waals surface area (Å²) in [6.07, 6.45) is 1.66. The molecule has 0 aliphatic heterocycles. The predicted octanol–water partition coefficient (Wildman–Crippen LogP) is 2.39. The van der Waals surface area contributed by atoms with Crippen molar-refractivity contribution in [3.05, 3.63) is 54.1 Å². The molecule has 1 saturated carbocycles. The van der Waals surface area contributed by atoms with E-state index in [2.05, 4.69) is 14.9 Å². The molecule has 7 nitrogen and oxygen atoms in total. The van der Waals surface area contributed by atoms with E-state index in [1.807, 2.05) is 44.3 Å². The summed E-state index contributed by atoms with van der Waals surface area (Å²) in [5.41, 5.74) is 1.33. The predicted molar refractivity (Wildman–Crippen MR) is 113 cm³/mol. The van der Waals surface area contributed by atoms with E-state index >= 15 is 0 Å². The number of nitrogens with one attached hydrogen (secondary N) is 2. The van der Waals surface area contributed by atoms with Crippen molar-refractivity contribution in [1.82, 2.24) is 10.0 Å². The summed E-state index contributed by atoms with van der Waals surface area (Å²) >= 11 is 0. The molecule has 1 atom stereocenters. The molecule has 0 heterocycles. The van der Waals surface area contributed by atoms with E-state index in [-0.39, 0.29) is 34.2 Å². The Bertz CT molecular complexity index is 959. The summed E-state index contributed by atoms with van der Waals surface area (Å²) in [4.78, 5) is 14.7. The fourth-order valence-corrected chi connectivity index (χ4v) is 4.41. The number of carbonyl (C=O) groups excluding carboxylic acids is 1. The van der Waals surface area contributed by atoms with E-state index in [4.69, 9.17) is 4.74 Å². The molecule has 1 aliphatic carbocycles. The second-order valence-electron chi connectivity index (χ2n) is 7.27. The molecule has 2 aromatic rings. The van der Waals surface area contributed by atoms with E-state index in [1.54, 1.807) is 6.07 Å². The zero-order chi connectivity index (χ0) is 21.0. The van der Waals surface area contributed by atoms with Gasteiger partial charge in [0.15, 0.2) is 0 Å². The lowest BCUT2D eigenvalue weighted by molar-refractivity contribution is 0.0951. The number of nitrogens with zero attached hydrogens (tertiary/aromatic N) is 1. The number of methoxy groups -OCH3 is 1. The molecule has 1 aliphatic rings. The van der Waals surface area contributed by atoms with Crippen LogP contribution in [0.4, 0.5) is 5.69 Å². The van der Waals surface area contributed by atoms with Crippen molar-refractivity contribution < 1.29 is 17.9 Å². The Kier molecular flexibility index (Phi) is 6.44. The van der Waals surface area contributed by atoms with Gasteiger partial charge >= 0.3 is 0 Å². The third-order valence-corrected chi connectivity index (χ3v) is 6.54. The fraction of sp³-hybridized carbons (Fsp3) is 0.381. The maximum absolute atomic E-state index is 12.6. The smallest absolute Gasteiger partial charge is 0.251 e. The summed E-state index contributed by atoms with van der Waals surface area (Å²) in [7, 11) is -0.365. The van der Waals surface area contributed by atoms with Crippen LogP contribution >= 0.6 is 0 Å². The second kappa shape index (κ2) is 8.84. The molecule has 1 fully saturated rings. The quantitative estimate of drug-likeness (QED) is 0.654. The monoisotopic (exact) mass is 417 g/mol. The summed E-state index contributed by atoms with van der Waals surface area (Å²) in [5.74, 6) is -0.115. The highest BCUT2D eigenvalue weighted by molar-refractivity contribution is 7.89. The van der Waals surface area contributed by atoms with Gasteiger partial charge < -0.3 is 15.0 Å². The molecule has 29 heavy (non-hydrogen) atoms. The first-order valence-electron chi connectivity index (χ1n) is 9.58. The van der Waals surface area contributed by atoms with Crippen LogP contribution in [0.5, 0.6) is 5.75 Å². The van der Waals surface area contributed by atoms with Gasteiger partial charge in [0.25, 0.3) is 5.91 Å². The minimum Gasteiger partial charge on any atom is -0.495 e. The van der Waals surface area contributed by atoms with Crippen LogP contribution < -0.4 is 19.7 Å². The van der Waals surface area contributed by atoms with Crippen LogP contribution in [0.25, 0.3) is 0 Å². The Morgan fingerprint density at radius 2 is 1.90 bits per heavy atom. The Hall–Kier alpha value is -2.58. The molecule has 3 rings (SSSR count). The Labute approximate surface area is 172 Å². The van der Waals surface area contributed by atoms with Crippen LogP contribution in [0.1, 0.15) is 30.1 Å². The molecule has 0 aromatic heterocycles. The van der Waals surface area contributed by atoms with Gasteiger partial charge in [-0.3, -0.25) is 4.79 Å². The van der Waals surface area contributed by atoms with Crippen molar-refractivity contribution in [3.8, 4) is 5.75 Å². The Morgan fingerprint density at radius 3 is 2.52 bits per heavy atom. The largest absolute Gasteiger partial charge is 0.495 e. The number of anilines is 1. The molecular weight excluding hydrogens is 390 g/mol. The van der Waals surface area contributed by atoms with Crippen molar-refractivity contribution in [2.75, 3.05) is 25.6 Å². The molecule has 1 unspecified atom stereocenters. The maximum Gasteiger partial charge on any atom is 0.251 e. The first-order chi connectivity index (χ1) is 13.8. The minimum absolute atomic E-state index is 0.0194. The number of rotatable bonds is 9. The first kappa shape index (κ1) is 21.1. The Balaban J connectivity index is 1.69. The van der Waals surface area contributed by atoms with E-state index in [1.165, 1.54) is 19.2 Å². The number of hydrogen-bond donors (Lipinski definition) is 2. The third-order valence-electron chi connectivity index (χ3n) is 5.00.